The minimum absolute atomic E-state index is 0. The van der Waals surface area contributed by atoms with Gasteiger partial charge in [-0.05, 0) is 0 Å². The van der Waals surface area contributed by atoms with Crippen molar-refractivity contribution in [2.24, 2.45) is 0 Å². The third-order valence-electron chi connectivity index (χ3n) is 1.70. The maximum absolute atomic E-state index is 11.4. The standard InChI is InChI=1S/C10H10N2O3P.2BrH/c13-16(14-11-7-3-1-4-8-11)15-12-9-5-2-6-10-12;;/h1-10H;2*1H/q+3;;/p-2. The van der Waals surface area contributed by atoms with E-state index in [2.05, 4.69) is 0 Å². The van der Waals surface area contributed by atoms with Crippen LogP contribution in [0.3, 0.4) is 0 Å². The number of aromatic nitrogens is 2. The first-order chi connectivity index (χ1) is 7.84. The van der Waals surface area contributed by atoms with Crippen molar-refractivity contribution in [3.63, 3.8) is 0 Å². The number of rotatable bonds is 4. The molecule has 0 fully saturated rings. The average Bonchev–Trinajstić information content (AvgIpc) is 2.31. The van der Waals surface area contributed by atoms with Crippen LogP contribution in [0, 0.1) is 0 Å². The fraction of sp³-hybridized carbons (Fsp3) is 0. The zero-order chi connectivity index (χ0) is 11.2. The highest BCUT2D eigenvalue weighted by molar-refractivity contribution is 7.33. The summed E-state index contributed by atoms with van der Waals surface area (Å²) in [6.07, 6.45) is 6.52. The van der Waals surface area contributed by atoms with Gasteiger partial charge in [-0.1, -0.05) is 12.1 Å². The monoisotopic (exact) mass is 395 g/mol. The van der Waals surface area contributed by atoms with Crippen molar-refractivity contribution >= 4 is 8.25 Å². The first-order valence-corrected chi connectivity index (χ1v) is 5.71. The summed E-state index contributed by atoms with van der Waals surface area (Å²) >= 11 is 0. The average molecular weight is 397 g/mol. The van der Waals surface area contributed by atoms with Gasteiger partial charge in [-0.25, -0.2) is 0 Å². The van der Waals surface area contributed by atoms with Crippen molar-refractivity contribution in [2.75, 3.05) is 0 Å². The van der Waals surface area contributed by atoms with E-state index in [0.29, 0.717) is 0 Å². The summed E-state index contributed by atoms with van der Waals surface area (Å²) in [7, 11) is -2.26. The van der Waals surface area contributed by atoms with Crippen molar-refractivity contribution in [2.45, 2.75) is 0 Å². The Bertz CT molecular complexity index is 430. The number of hydrogen-bond donors (Lipinski definition) is 0. The molecule has 0 aromatic carbocycles. The molecule has 0 amide bonds. The van der Waals surface area contributed by atoms with Gasteiger partial charge in [-0.2, -0.15) is 0 Å². The molecule has 0 radical (unpaired) electrons. The van der Waals surface area contributed by atoms with Crippen molar-refractivity contribution < 1.29 is 57.2 Å². The maximum Gasteiger partial charge on any atom is 0.927 e. The van der Waals surface area contributed by atoms with E-state index in [9.17, 15) is 4.57 Å². The molecule has 0 unspecified atom stereocenters. The second-order valence-corrected chi connectivity index (χ2v) is 3.63. The van der Waals surface area contributed by atoms with Gasteiger partial charge in [-0.15, -0.1) is 0 Å². The zero-order valence-corrected chi connectivity index (χ0v) is 13.2. The topological polar surface area (TPSA) is 43.3 Å². The van der Waals surface area contributed by atoms with Crippen LogP contribution in [0.2, 0.25) is 0 Å². The molecule has 8 heteroatoms. The first kappa shape index (κ1) is 17.0. The summed E-state index contributed by atoms with van der Waals surface area (Å²) in [5.74, 6) is 0. The van der Waals surface area contributed by atoms with Gasteiger partial charge in [0.15, 0.2) is 0 Å². The van der Waals surface area contributed by atoms with Gasteiger partial charge in [0.1, 0.15) is 0 Å². The van der Waals surface area contributed by atoms with Gasteiger partial charge in [0.25, 0.3) is 0 Å². The molecule has 0 saturated heterocycles. The Morgan fingerprint density at radius 1 is 0.667 bits per heavy atom. The highest BCUT2D eigenvalue weighted by Gasteiger charge is 2.36. The normalized spacial score (nSPS) is 8.44. The Morgan fingerprint density at radius 2 is 1.00 bits per heavy atom. The van der Waals surface area contributed by atoms with Gasteiger partial charge in [-0.3, -0.25) is 0 Å². The highest BCUT2D eigenvalue weighted by Crippen LogP contribution is 2.08. The molecule has 0 aliphatic heterocycles. The summed E-state index contributed by atoms with van der Waals surface area (Å²) in [5.41, 5.74) is 0. The Labute approximate surface area is 126 Å². The van der Waals surface area contributed by atoms with Crippen LogP contribution in [0.5, 0.6) is 0 Å². The van der Waals surface area contributed by atoms with Crippen molar-refractivity contribution in [1.29, 1.82) is 0 Å². The smallest absolute Gasteiger partial charge is 0.927 e. The van der Waals surface area contributed by atoms with Crippen LogP contribution in [-0.2, 0) is 4.57 Å². The Balaban J connectivity index is 0.00000144. The Hall–Kier alpha value is -1.04. The fourth-order valence-electron chi connectivity index (χ4n) is 1.04. The first-order valence-electron chi connectivity index (χ1n) is 4.61. The van der Waals surface area contributed by atoms with Gasteiger partial charge in [0.2, 0.25) is 24.8 Å². The minimum atomic E-state index is -2.26. The molecule has 0 aliphatic rings. The van der Waals surface area contributed by atoms with Gasteiger partial charge < -0.3 is 34.0 Å². The summed E-state index contributed by atoms with van der Waals surface area (Å²) in [4.78, 5) is 0. The van der Waals surface area contributed by atoms with Gasteiger partial charge >= 0.3 is 8.25 Å². The fourth-order valence-corrected chi connectivity index (χ4v) is 1.60. The van der Waals surface area contributed by atoms with Crippen molar-refractivity contribution in [3.05, 3.63) is 61.2 Å². The lowest BCUT2D eigenvalue weighted by atomic mass is 10.5. The summed E-state index contributed by atoms with van der Waals surface area (Å²) < 4.78 is 24.1. The predicted molar refractivity (Wildman–Crippen MR) is 54.0 cm³/mol. The van der Waals surface area contributed by atoms with E-state index in [1.807, 2.05) is 12.1 Å². The number of pyridine rings is 2. The third kappa shape index (κ3) is 5.53. The molecule has 0 atom stereocenters. The number of halogens is 2. The molecule has 2 heterocycles. The van der Waals surface area contributed by atoms with Crippen LogP contribution >= 0.6 is 8.25 Å². The van der Waals surface area contributed by atoms with E-state index < -0.39 is 8.25 Å². The number of nitrogens with zero attached hydrogens (tertiary/aromatic N) is 2. The summed E-state index contributed by atoms with van der Waals surface area (Å²) in [5, 5.41) is 0. The number of hydrogen-bond acceptors (Lipinski definition) is 3. The van der Waals surface area contributed by atoms with E-state index in [4.69, 9.17) is 9.25 Å². The molecule has 5 nitrogen and oxygen atoms in total. The third-order valence-corrected chi connectivity index (χ3v) is 2.34. The minimum Gasteiger partial charge on any atom is -1.00 e. The molecule has 18 heavy (non-hydrogen) atoms. The quantitative estimate of drug-likeness (QED) is 0.382. The molecule has 0 spiro atoms. The van der Waals surface area contributed by atoms with Crippen LogP contribution in [0.1, 0.15) is 0 Å². The largest absolute Gasteiger partial charge is 1.00 e. The molecule has 0 saturated carbocycles. The van der Waals surface area contributed by atoms with Crippen molar-refractivity contribution in [3.8, 4) is 0 Å². The zero-order valence-electron chi connectivity index (χ0n) is 9.10. The van der Waals surface area contributed by atoms with E-state index in [-0.39, 0.29) is 34.0 Å². The molecule has 2 aromatic heterocycles. The van der Waals surface area contributed by atoms with E-state index in [1.54, 1.807) is 49.1 Å². The molecule has 0 bridgehead atoms. The van der Waals surface area contributed by atoms with E-state index in [1.165, 1.54) is 9.46 Å². The highest BCUT2D eigenvalue weighted by atomic mass is 79.9. The lowest BCUT2D eigenvalue weighted by molar-refractivity contribution is -0.883. The lowest BCUT2D eigenvalue weighted by Crippen LogP contribution is -3.00. The second kappa shape index (κ2) is 8.97. The van der Waals surface area contributed by atoms with Crippen LogP contribution in [0.4, 0.5) is 0 Å². The molecule has 96 valence electrons. The molecular formula is C10H10Br2N2O3P+. The molecule has 0 N–H and O–H groups in total. The lowest BCUT2D eigenvalue weighted by Gasteiger charge is -1.82. The molecule has 2 aromatic rings. The van der Waals surface area contributed by atoms with Crippen LogP contribution in [-0.4, -0.2) is 0 Å². The molecule has 2 rings (SSSR count). The van der Waals surface area contributed by atoms with Crippen LogP contribution < -0.4 is 52.7 Å². The molecular weight excluding hydrogens is 387 g/mol. The maximum atomic E-state index is 11.4. The van der Waals surface area contributed by atoms with Crippen LogP contribution in [0.15, 0.2) is 61.2 Å². The second-order valence-electron chi connectivity index (χ2n) is 2.86. The molecule has 0 aliphatic carbocycles. The predicted octanol–water partition coefficient (Wildman–Crippen LogP) is -5.52. The summed E-state index contributed by atoms with van der Waals surface area (Å²) in [6.45, 7) is 0. The van der Waals surface area contributed by atoms with E-state index in [0.717, 1.165) is 0 Å². The Morgan fingerprint density at radius 3 is 1.33 bits per heavy atom. The van der Waals surface area contributed by atoms with Gasteiger partial charge in [0, 0.05) is 38.1 Å². The Kier molecular flexibility index (Phi) is 8.45. The SMILES string of the molecule is O=[P+](O[n+]1ccccc1)O[n+]1ccccc1.[Br-].[Br-]. The van der Waals surface area contributed by atoms with Crippen LogP contribution in [0.25, 0.3) is 0 Å². The van der Waals surface area contributed by atoms with Crippen molar-refractivity contribution in [1.82, 2.24) is 0 Å². The van der Waals surface area contributed by atoms with E-state index >= 15 is 0 Å². The summed E-state index contributed by atoms with van der Waals surface area (Å²) in [6, 6.07) is 10.7. The van der Waals surface area contributed by atoms with Gasteiger partial charge in [0.05, 0.1) is 9.46 Å².